The second kappa shape index (κ2) is 6.67. The van der Waals surface area contributed by atoms with E-state index in [1.807, 2.05) is 0 Å². The van der Waals surface area contributed by atoms with Crippen molar-refractivity contribution in [3.05, 3.63) is 35.4 Å². The number of esters is 1. The second-order valence-corrected chi connectivity index (χ2v) is 9.48. The van der Waals surface area contributed by atoms with Gasteiger partial charge in [0.15, 0.2) is 0 Å². The molecule has 0 aromatic heterocycles. The number of ether oxygens (including phenoxy) is 2. The lowest BCUT2D eigenvalue weighted by atomic mass is 9.66. The van der Waals surface area contributed by atoms with E-state index in [-0.39, 0.29) is 23.4 Å². The fourth-order valence-corrected chi connectivity index (χ4v) is 5.45. The third-order valence-electron chi connectivity index (χ3n) is 7.22. The van der Waals surface area contributed by atoms with E-state index in [0.717, 1.165) is 19.3 Å². The first kappa shape index (κ1) is 18.0. The molecule has 1 saturated heterocycles. The molecule has 3 aliphatic rings. The van der Waals surface area contributed by atoms with Gasteiger partial charge >= 0.3 is 5.97 Å². The zero-order valence-corrected chi connectivity index (χ0v) is 16.5. The first-order valence-corrected chi connectivity index (χ1v) is 10.3. The SMILES string of the molecule is CC(C)[C@H]1CC[C@H](C)C[C@@H]1O[C@H]1OC(=O)[C@@H]2Cc3ccccc3C[C@]12C. The van der Waals surface area contributed by atoms with Crippen molar-refractivity contribution < 1.29 is 14.3 Å². The predicted molar refractivity (Wildman–Crippen MR) is 102 cm³/mol. The zero-order valence-electron chi connectivity index (χ0n) is 16.5. The Labute approximate surface area is 157 Å². The van der Waals surface area contributed by atoms with Crippen LogP contribution in [0.1, 0.15) is 58.1 Å². The Morgan fingerprint density at radius 3 is 2.65 bits per heavy atom. The van der Waals surface area contributed by atoms with E-state index in [1.54, 1.807) is 0 Å². The summed E-state index contributed by atoms with van der Waals surface area (Å²) in [7, 11) is 0. The van der Waals surface area contributed by atoms with E-state index < -0.39 is 6.29 Å². The zero-order chi connectivity index (χ0) is 18.5. The normalized spacial score (nSPS) is 39.4. The fraction of sp³-hybridized carbons (Fsp3) is 0.696. The minimum absolute atomic E-state index is 0.0723. The van der Waals surface area contributed by atoms with Gasteiger partial charge in [0.2, 0.25) is 6.29 Å². The highest BCUT2D eigenvalue weighted by molar-refractivity contribution is 5.77. The molecule has 6 atom stereocenters. The Hall–Kier alpha value is -1.35. The van der Waals surface area contributed by atoms with Gasteiger partial charge in [-0.3, -0.25) is 4.79 Å². The topological polar surface area (TPSA) is 35.5 Å². The first-order valence-electron chi connectivity index (χ1n) is 10.3. The lowest BCUT2D eigenvalue weighted by Crippen LogP contribution is -2.45. The lowest BCUT2D eigenvalue weighted by Gasteiger charge is -2.42. The van der Waals surface area contributed by atoms with Crippen LogP contribution in [0.2, 0.25) is 0 Å². The van der Waals surface area contributed by atoms with Crippen LogP contribution in [-0.2, 0) is 27.1 Å². The highest BCUT2D eigenvalue weighted by Crippen LogP contribution is 2.50. The van der Waals surface area contributed by atoms with Gasteiger partial charge in [-0.25, -0.2) is 0 Å². The average molecular weight is 357 g/mol. The maximum Gasteiger partial charge on any atom is 0.312 e. The van der Waals surface area contributed by atoms with Gasteiger partial charge in [-0.2, -0.15) is 0 Å². The minimum Gasteiger partial charge on any atom is -0.435 e. The molecule has 1 aliphatic heterocycles. The van der Waals surface area contributed by atoms with Crippen LogP contribution < -0.4 is 0 Å². The summed E-state index contributed by atoms with van der Waals surface area (Å²) in [6.07, 6.45) is 5.00. The molecule has 1 aromatic rings. The Balaban J connectivity index is 1.58. The predicted octanol–water partition coefficient (Wildman–Crippen LogP) is 4.77. The molecule has 26 heavy (non-hydrogen) atoms. The number of fused-ring (bicyclic) bond motifs is 2. The van der Waals surface area contributed by atoms with Gasteiger partial charge in [-0.1, -0.05) is 58.4 Å². The van der Waals surface area contributed by atoms with Crippen molar-refractivity contribution >= 4 is 5.97 Å². The van der Waals surface area contributed by atoms with Crippen molar-refractivity contribution in [2.24, 2.45) is 29.1 Å². The summed E-state index contributed by atoms with van der Waals surface area (Å²) in [5, 5.41) is 0. The number of rotatable bonds is 3. The van der Waals surface area contributed by atoms with Crippen LogP contribution in [0.15, 0.2) is 24.3 Å². The molecule has 1 saturated carbocycles. The van der Waals surface area contributed by atoms with Crippen LogP contribution in [-0.4, -0.2) is 18.4 Å². The van der Waals surface area contributed by atoms with Crippen LogP contribution in [0, 0.1) is 29.1 Å². The van der Waals surface area contributed by atoms with Gasteiger partial charge < -0.3 is 9.47 Å². The minimum atomic E-state index is -0.412. The van der Waals surface area contributed by atoms with Crippen molar-refractivity contribution in [1.29, 1.82) is 0 Å². The Morgan fingerprint density at radius 1 is 1.19 bits per heavy atom. The summed E-state index contributed by atoms with van der Waals surface area (Å²) in [6.45, 7) is 9.09. The number of cyclic esters (lactones) is 1. The maximum atomic E-state index is 12.7. The monoisotopic (exact) mass is 356 g/mol. The number of hydrogen-bond acceptors (Lipinski definition) is 3. The molecular weight excluding hydrogens is 324 g/mol. The summed E-state index contributed by atoms with van der Waals surface area (Å²) in [5.74, 6) is 1.68. The van der Waals surface area contributed by atoms with Crippen LogP contribution in [0.5, 0.6) is 0 Å². The van der Waals surface area contributed by atoms with Crippen LogP contribution >= 0.6 is 0 Å². The number of carbonyl (C=O) groups is 1. The average Bonchev–Trinajstić information content (AvgIpc) is 2.83. The smallest absolute Gasteiger partial charge is 0.312 e. The molecule has 0 N–H and O–H groups in total. The summed E-state index contributed by atoms with van der Waals surface area (Å²) in [6, 6.07) is 8.49. The van der Waals surface area contributed by atoms with Crippen molar-refractivity contribution in [2.75, 3.05) is 0 Å². The molecule has 1 heterocycles. The standard InChI is InChI=1S/C23H32O3/c1-14(2)18-10-9-15(3)11-20(18)25-22-23(4)13-17-8-6-5-7-16(17)12-19(23)21(24)26-22/h5-8,14-15,18-20,22H,9-13H2,1-4H3/t15-,18+,19-,20-,22-,23-/m0/s1. The van der Waals surface area contributed by atoms with E-state index in [9.17, 15) is 4.79 Å². The molecule has 0 radical (unpaired) electrons. The van der Waals surface area contributed by atoms with Crippen molar-refractivity contribution in [3.8, 4) is 0 Å². The molecule has 2 fully saturated rings. The quantitative estimate of drug-likeness (QED) is 0.732. The van der Waals surface area contributed by atoms with Crippen LogP contribution in [0.4, 0.5) is 0 Å². The fourth-order valence-electron chi connectivity index (χ4n) is 5.45. The Kier molecular flexibility index (Phi) is 4.63. The molecular formula is C23H32O3. The third-order valence-corrected chi connectivity index (χ3v) is 7.22. The summed E-state index contributed by atoms with van der Waals surface area (Å²) in [4.78, 5) is 12.7. The highest BCUT2D eigenvalue weighted by atomic mass is 16.7. The van der Waals surface area contributed by atoms with Gasteiger partial charge in [-0.15, -0.1) is 0 Å². The van der Waals surface area contributed by atoms with E-state index in [1.165, 1.54) is 24.0 Å². The van der Waals surface area contributed by atoms with E-state index in [2.05, 4.69) is 52.0 Å². The first-order chi connectivity index (χ1) is 12.4. The molecule has 3 heteroatoms. The number of benzene rings is 1. The highest BCUT2D eigenvalue weighted by Gasteiger charge is 2.57. The number of carbonyl (C=O) groups excluding carboxylic acids is 1. The second-order valence-electron chi connectivity index (χ2n) is 9.48. The van der Waals surface area contributed by atoms with Gasteiger partial charge in [0.05, 0.1) is 12.0 Å². The molecule has 0 spiro atoms. The van der Waals surface area contributed by atoms with E-state index >= 15 is 0 Å². The molecule has 2 aliphatic carbocycles. The Morgan fingerprint density at radius 2 is 1.92 bits per heavy atom. The van der Waals surface area contributed by atoms with Crippen LogP contribution in [0.3, 0.4) is 0 Å². The number of hydrogen-bond donors (Lipinski definition) is 0. The van der Waals surface area contributed by atoms with Crippen molar-refractivity contribution in [3.63, 3.8) is 0 Å². The van der Waals surface area contributed by atoms with E-state index in [0.29, 0.717) is 17.8 Å². The Bertz CT molecular complexity index is 682. The van der Waals surface area contributed by atoms with Gasteiger partial charge in [0, 0.05) is 5.41 Å². The van der Waals surface area contributed by atoms with Crippen molar-refractivity contribution in [1.82, 2.24) is 0 Å². The molecule has 0 unspecified atom stereocenters. The molecule has 4 rings (SSSR count). The van der Waals surface area contributed by atoms with Gasteiger partial charge in [-0.05, 0) is 54.6 Å². The third kappa shape index (κ3) is 2.98. The van der Waals surface area contributed by atoms with Gasteiger partial charge in [0.25, 0.3) is 0 Å². The molecule has 0 bridgehead atoms. The molecule has 1 aromatic carbocycles. The van der Waals surface area contributed by atoms with Crippen molar-refractivity contribution in [2.45, 2.75) is 72.2 Å². The molecule has 3 nitrogen and oxygen atoms in total. The lowest BCUT2D eigenvalue weighted by molar-refractivity contribution is -0.211. The molecule has 142 valence electrons. The van der Waals surface area contributed by atoms with E-state index in [4.69, 9.17) is 9.47 Å². The summed E-state index contributed by atoms with van der Waals surface area (Å²) >= 11 is 0. The van der Waals surface area contributed by atoms with Crippen LogP contribution in [0.25, 0.3) is 0 Å². The summed E-state index contributed by atoms with van der Waals surface area (Å²) in [5.41, 5.74) is 2.38. The maximum absolute atomic E-state index is 12.7. The van der Waals surface area contributed by atoms with Gasteiger partial charge in [0.1, 0.15) is 0 Å². The molecule has 0 amide bonds. The summed E-state index contributed by atoms with van der Waals surface area (Å²) < 4.78 is 12.5. The largest absolute Gasteiger partial charge is 0.435 e.